The molecule has 0 aromatic carbocycles. The maximum absolute atomic E-state index is 12.4. The molecule has 0 spiro atoms. The molecule has 4 atom stereocenters. The molecule has 1 fully saturated rings. The molecular formula is C20H24O5. The number of allylic oxidation sites excluding steroid dienone is 1. The van der Waals surface area contributed by atoms with Crippen molar-refractivity contribution < 1.29 is 24.2 Å². The average molecular weight is 344 g/mol. The zero-order chi connectivity index (χ0) is 17.9. The van der Waals surface area contributed by atoms with Gasteiger partial charge in [-0.15, -0.1) is 0 Å². The maximum atomic E-state index is 12.4. The number of fused-ring (bicyclic) bond motifs is 2. The minimum absolute atomic E-state index is 0.0672. The van der Waals surface area contributed by atoms with Crippen LogP contribution in [0.5, 0.6) is 0 Å². The second-order valence-electron chi connectivity index (χ2n) is 8.24. The number of carbonyl (C=O) groups excluding carboxylic acids is 2. The predicted octanol–water partition coefficient (Wildman–Crippen LogP) is 2.60. The Bertz CT molecular complexity index is 739. The average Bonchev–Trinajstić information content (AvgIpc) is 3.15. The molecule has 134 valence electrons. The van der Waals surface area contributed by atoms with E-state index in [1.165, 1.54) is 6.26 Å². The highest BCUT2D eigenvalue weighted by Gasteiger charge is 2.53. The first kappa shape index (κ1) is 16.6. The van der Waals surface area contributed by atoms with Crippen molar-refractivity contribution in [2.45, 2.75) is 64.8 Å². The molecule has 5 nitrogen and oxygen atoms in total. The fourth-order valence-corrected chi connectivity index (χ4v) is 4.69. The zero-order valence-corrected chi connectivity index (χ0v) is 14.9. The third-order valence-corrected chi connectivity index (χ3v) is 6.11. The Morgan fingerprint density at radius 2 is 2.08 bits per heavy atom. The molecule has 5 heteroatoms. The third kappa shape index (κ3) is 2.56. The van der Waals surface area contributed by atoms with Gasteiger partial charge < -0.3 is 14.6 Å². The lowest BCUT2D eigenvalue weighted by Gasteiger charge is -2.36. The van der Waals surface area contributed by atoms with Crippen LogP contribution in [0.15, 0.2) is 34.6 Å². The fourth-order valence-electron chi connectivity index (χ4n) is 4.69. The number of ether oxygens (including phenoxy) is 2. The summed E-state index contributed by atoms with van der Waals surface area (Å²) in [6, 6.07) is 0. The third-order valence-electron chi connectivity index (χ3n) is 6.11. The van der Waals surface area contributed by atoms with Crippen LogP contribution in [0.1, 0.15) is 46.5 Å². The molecule has 0 amide bonds. The topological polar surface area (TPSA) is 72.8 Å². The van der Waals surface area contributed by atoms with Crippen LogP contribution < -0.4 is 0 Å². The van der Waals surface area contributed by atoms with Gasteiger partial charge in [0.05, 0.1) is 24.4 Å². The molecule has 0 aromatic heterocycles. The fraction of sp³-hybridized carbons (Fsp3) is 0.600. The van der Waals surface area contributed by atoms with Crippen molar-refractivity contribution in [3.63, 3.8) is 0 Å². The lowest BCUT2D eigenvalue weighted by molar-refractivity contribution is -0.138. The number of ketones is 1. The van der Waals surface area contributed by atoms with E-state index in [0.29, 0.717) is 24.0 Å². The number of aliphatic hydroxyl groups is 1. The molecule has 0 bridgehead atoms. The standard InChI is InChI=1S/C20H24O5/c1-10-6-11(7-16(10)22)24-9-14-12-8-13-15(21)4-5-20(2,3)17(13)18(12)25-19(14)23/h6,9,11-12,15,18,21H,4-5,7-8H2,1-3H3/b14-9+/t11-,12+,15-,18-/m0/s1. The van der Waals surface area contributed by atoms with Crippen LogP contribution in [0.4, 0.5) is 0 Å². The summed E-state index contributed by atoms with van der Waals surface area (Å²) in [5.41, 5.74) is 3.30. The van der Waals surface area contributed by atoms with E-state index in [4.69, 9.17) is 9.47 Å². The summed E-state index contributed by atoms with van der Waals surface area (Å²) in [7, 11) is 0. The molecule has 1 aliphatic heterocycles. The first-order valence-corrected chi connectivity index (χ1v) is 8.97. The van der Waals surface area contributed by atoms with E-state index in [2.05, 4.69) is 13.8 Å². The predicted molar refractivity (Wildman–Crippen MR) is 90.4 cm³/mol. The SMILES string of the molecule is CC1=C[C@H](O/C=C2/C(=O)O[C@@H]3C4=C(C[C@H]23)[C@@H](O)CCC4(C)C)CC1=O. The molecular weight excluding hydrogens is 320 g/mol. The number of Topliss-reactive ketones (excluding diaryl/α,β-unsaturated/α-hetero) is 1. The normalized spacial score (nSPS) is 37.9. The van der Waals surface area contributed by atoms with E-state index < -0.39 is 6.10 Å². The van der Waals surface area contributed by atoms with Gasteiger partial charge >= 0.3 is 5.97 Å². The highest BCUT2D eigenvalue weighted by atomic mass is 16.6. The van der Waals surface area contributed by atoms with E-state index in [9.17, 15) is 14.7 Å². The summed E-state index contributed by atoms with van der Waals surface area (Å²) in [5.74, 6) is -0.354. The molecule has 0 aromatic rings. The summed E-state index contributed by atoms with van der Waals surface area (Å²) in [5, 5.41) is 10.4. The Hall–Kier alpha value is -1.88. The molecule has 25 heavy (non-hydrogen) atoms. The van der Waals surface area contributed by atoms with E-state index in [-0.39, 0.29) is 35.3 Å². The van der Waals surface area contributed by atoms with Gasteiger partial charge in [-0.1, -0.05) is 13.8 Å². The molecule has 1 saturated heterocycles. The summed E-state index contributed by atoms with van der Waals surface area (Å²) in [6.07, 6.45) is 4.85. The van der Waals surface area contributed by atoms with E-state index >= 15 is 0 Å². The van der Waals surface area contributed by atoms with Crippen LogP contribution in [-0.2, 0) is 19.1 Å². The molecule has 4 aliphatic rings. The number of carbonyl (C=O) groups is 2. The van der Waals surface area contributed by atoms with Gasteiger partial charge in [0.2, 0.25) is 0 Å². The Morgan fingerprint density at radius 1 is 1.32 bits per heavy atom. The van der Waals surface area contributed by atoms with Gasteiger partial charge in [-0.25, -0.2) is 4.79 Å². The smallest absolute Gasteiger partial charge is 0.338 e. The van der Waals surface area contributed by atoms with Crippen molar-refractivity contribution in [2.24, 2.45) is 11.3 Å². The largest absolute Gasteiger partial charge is 0.493 e. The summed E-state index contributed by atoms with van der Waals surface area (Å²) in [6.45, 7) is 6.08. The molecule has 3 aliphatic carbocycles. The molecule has 0 unspecified atom stereocenters. The quantitative estimate of drug-likeness (QED) is 0.361. The lowest BCUT2D eigenvalue weighted by Crippen LogP contribution is -2.31. The number of rotatable bonds is 2. The molecule has 0 saturated carbocycles. The van der Waals surface area contributed by atoms with Crippen LogP contribution in [0.3, 0.4) is 0 Å². The number of hydrogen-bond acceptors (Lipinski definition) is 5. The van der Waals surface area contributed by atoms with Gasteiger partial charge in [0.15, 0.2) is 5.78 Å². The zero-order valence-electron chi connectivity index (χ0n) is 14.9. The second-order valence-corrected chi connectivity index (χ2v) is 8.24. The van der Waals surface area contributed by atoms with E-state index in [1.807, 2.05) is 0 Å². The van der Waals surface area contributed by atoms with Crippen molar-refractivity contribution in [1.82, 2.24) is 0 Å². The summed E-state index contributed by atoms with van der Waals surface area (Å²) in [4.78, 5) is 24.0. The van der Waals surface area contributed by atoms with Crippen LogP contribution in [0, 0.1) is 11.3 Å². The lowest BCUT2D eigenvalue weighted by atomic mass is 9.71. The summed E-state index contributed by atoms with van der Waals surface area (Å²) >= 11 is 0. The number of aliphatic hydroxyl groups excluding tert-OH is 1. The van der Waals surface area contributed by atoms with E-state index in [1.54, 1.807) is 13.0 Å². The molecule has 1 heterocycles. The Kier molecular flexibility index (Phi) is 3.69. The van der Waals surface area contributed by atoms with Gasteiger partial charge in [-0.05, 0) is 54.4 Å². The second kappa shape index (κ2) is 5.56. The van der Waals surface area contributed by atoms with Crippen molar-refractivity contribution in [3.8, 4) is 0 Å². The van der Waals surface area contributed by atoms with Crippen molar-refractivity contribution >= 4 is 11.8 Å². The Morgan fingerprint density at radius 3 is 2.76 bits per heavy atom. The minimum Gasteiger partial charge on any atom is -0.493 e. The van der Waals surface area contributed by atoms with Gasteiger partial charge in [-0.3, -0.25) is 4.79 Å². The van der Waals surface area contributed by atoms with Crippen LogP contribution >= 0.6 is 0 Å². The first-order valence-electron chi connectivity index (χ1n) is 8.97. The molecule has 1 N–H and O–H groups in total. The van der Waals surface area contributed by atoms with Crippen LogP contribution in [-0.4, -0.2) is 35.2 Å². The van der Waals surface area contributed by atoms with Gasteiger partial charge in [0.25, 0.3) is 0 Å². The first-order chi connectivity index (χ1) is 11.8. The monoisotopic (exact) mass is 344 g/mol. The van der Waals surface area contributed by atoms with Crippen molar-refractivity contribution in [1.29, 1.82) is 0 Å². The van der Waals surface area contributed by atoms with Gasteiger partial charge in [0, 0.05) is 5.92 Å². The minimum atomic E-state index is -0.437. The number of hydrogen-bond donors (Lipinski definition) is 1. The van der Waals surface area contributed by atoms with Crippen molar-refractivity contribution in [2.75, 3.05) is 0 Å². The van der Waals surface area contributed by atoms with Crippen LogP contribution in [0.25, 0.3) is 0 Å². The maximum Gasteiger partial charge on any atom is 0.338 e. The Balaban J connectivity index is 1.57. The number of esters is 1. The molecule has 4 rings (SSSR count). The molecule has 0 radical (unpaired) electrons. The van der Waals surface area contributed by atoms with Crippen LogP contribution in [0.2, 0.25) is 0 Å². The highest BCUT2D eigenvalue weighted by Crippen LogP contribution is 2.54. The van der Waals surface area contributed by atoms with Crippen molar-refractivity contribution in [3.05, 3.63) is 34.6 Å². The summed E-state index contributed by atoms with van der Waals surface area (Å²) < 4.78 is 11.4. The highest BCUT2D eigenvalue weighted by molar-refractivity contribution is 5.97. The van der Waals surface area contributed by atoms with Gasteiger partial charge in [0.1, 0.15) is 12.2 Å². The Labute approximate surface area is 147 Å². The van der Waals surface area contributed by atoms with Gasteiger partial charge in [-0.2, -0.15) is 0 Å². The van der Waals surface area contributed by atoms with E-state index in [0.717, 1.165) is 24.0 Å².